The highest BCUT2D eigenvalue weighted by molar-refractivity contribution is 5.91. The number of rotatable bonds is 3. The number of pyridine rings is 1. The second-order valence-electron chi connectivity index (χ2n) is 4.70. The van der Waals surface area contributed by atoms with Crippen LogP contribution in [0.2, 0.25) is 0 Å². The smallest absolute Gasteiger partial charge is 0.0722 e. The van der Waals surface area contributed by atoms with E-state index in [0.717, 1.165) is 18.0 Å². The van der Waals surface area contributed by atoms with Crippen LogP contribution in [0.5, 0.6) is 0 Å². The van der Waals surface area contributed by atoms with Gasteiger partial charge in [-0.05, 0) is 43.9 Å². The van der Waals surface area contributed by atoms with Crippen LogP contribution in [0.4, 0.5) is 5.69 Å². The Morgan fingerprint density at radius 3 is 3.00 bits per heavy atom. The van der Waals surface area contributed by atoms with Crippen LogP contribution >= 0.6 is 0 Å². The molecule has 0 amide bonds. The number of hydrogen-bond acceptors (Lipinski definition) is 2. The van der Waals surface area contributed by atoms with Crippen molar-refractivity contribution in [2.45, 2.75) is 19.8 Å². The summed E-state index contributed by atoms with van der Waals surface area (Å²) in [6.45, 7) is 3.23. The molecule has 16 heavy (non-hydrogen) atoms. The minimum atomic E-state index is 0.896. The molecule has 1 aromatic carbocycles. The van der Waals surface area contributed by atoms with Gasteiger partial charge in [0.2, 0.25) is 0 Å². The summed E-state index contributed by atoms with van der Waals surface area (Å²) in [5.41, 5.74) is 3.59. The highest BCUT2D eigenvalue weighted by atomic mass is 14.9. The molecular formula is C14H16N2. The summed E-state index contributed by atoms with van der Waals surface area (Å²) in [5.74, 6) is 0.896. The average Bonchev–Trinajstić information content (AvgIpc) is 3.10. The van der Waals surface area contributed by atoms with Gasteiger partial charge in [0.1, 0.15) is 0 Å². The molecule has 1 aliphatic rings. The second kappa shape index (κ2) is 3.78. The molecule has 1 aromatic heterocycles. The van der Waals surface area contributed by atoms with Gasteiger partial charge >= 0.3 is 0 Å². The Morgan fingerprint density at radius 1 is 1.31 bits per heavy atom. The van der Waals surface area contributed by atoms with Crippen LogP contribution in [0, 0.1) is 12.8 Å². The lowest BCUT2D eigenvalue weighted by Crippen LogP contribution is -2.03. The first-order valence-electron chi connectivity index (χ1n) is 5.92. The topological polar surface area (TPSA) is 24.9 Å². The van der Waals surface area contributed by atoms with Crippen LogP contribution in [-0.4, -0.2) is 11.5 Å². The zero-order valence-corrected chi connectivity index (χ0v) is 9.53. The van der Waals surface area contributed by atoms with E-state index >= 15 is 0 Å². The Hall–Kier alpha value is -1.57. The van der Waals surface area contributed by atoms with Gasteiger partial charge in [0.25, 0.3) is 0 Å². The van der Waals surface area contributed by atoms with Crippen molar-refractivity contribution in [2.75, 3.05) is 11.9 Å². The number of fused-ring (bicyclic) bond motifs is 1. The van der Waals surface area contributed by atoms with Crippen molar-refractivity contribution >= 4 is 16.6 Å². The van der Waals surface area contributed by atoms with E-state index in [0.29, 0.717) is 0 Å². The van der Waals surface area contributed by atoms with Gasteiger partial charge in [0.15, 0.2) is 0 Å². The molecule has 1 fully saturated rings. The molecule has 3 rings (SSSR count). The highest BCUT2D eigenvalue weighted by Crippen LogP contribution is 2.30. The average molecular weight is 212 g/mol. The molecule has 2 nitrogen and oxygen atoms in total. The normalized spacial score (nSPS) is 15.3. The maximum Gasteiger partial charge on any atom is 0.0722 e. The Kier molecular flexibility index (Phi) is 2.28. The molecule has 0 atom stereocenters. The van der Waals surface area contributed by atoms with Gasteiger partial charge in [0, 0.05) is 23.8 Å². The summed E-state index contributed by atoms with van der Waals surface area (Å²) < 4.78 is 0. The maximum atomic E-state index is 4.39. The highest BCUT2D eigenvalue weighted by Gasteiger charge is 2.20. The van der Waals surface area contributed by atoms with E-state index in [1.807, 2.05) is 6.20 Å². The number of aromatic nitrogens is 1. The predicted octanol–water partition coefficient (Wildman–Crippen LogP) is 3.37. The Labute approximate surface area is 95.7 Å². The molecule has 0 unspecified atom stereocenters. The predicted molar refractivity (Wildman–Crippen MR) is 67.7 cm³/mol. The molecule has 0 saturated heterocycles. The Balaban J connectivity index is 1.97. The van der Waals surface area contributed by atoms with E-state index < -0.39 is 0 Å². The molecule has 1 heterocycles. The van der Waals surface area contributed by atoms with E-state index in [9.17, 15) is 0 Å². The van der Waals surface area contributed by atoms with Crippen LogP contribution in [0.3, 0.4) is 0 Å². The van der Waals surface area contributed by atoms with Gasteiger partial charge in [-0.1, -0.05) is 11.6 Å². The molecule has 0 spiro atoms. The summed E-state index contributed by atoms with van der Waals surface area (Å²) in [4.78, 5) is 4.39. The lowest BCUT2D eigenvalue weighted by molar-refractivity contribution is 0.890. The number of anilines is 1. The first-order valence-corrected chi connectivity index (χ1v) is 5.92. The van der Waals surface area contributed by atoms with Crippen LogP contribution in [0.15, 0.2) is 30.5 Å². The number of nitrogens with zero attached hydrogens (tertiary/aromatic N) is 1. The summed E-state index contributed by atoms with van der Waals surface area (Å²) in [6, 6.07) is 8.48. The van der Waals surface area contributed by atoms with Gasteiger partial charge in [-0.2, -0.15) is 0 Å². The van der Waals surface area contributed by atoms with Crippen LogP contribution in [-0.2, 0) is 0 Å². The van der Waals surface area contributed by atoms with E-state index in [1.54, 1.807) is 0 Å². The van der Waals surface area contributed by atoms with Crippen molar-refractivity contribution < 1.29 is 0 Å². The summed E-state index contributed by atoms with van der Waals surface area (Å²) in [7, 11) is 0. The van der Waals surface area contributed by atoms with Crippen molar-refractivity contribution in [3.63, 3.8) is 0 Å². The fourth-order valence-corrected chi connectivity index (χ4v) is 1.99. The number of nitrogens with one attached hydrogen (secondary N) is 1. The molecule has 0 bridgehead atoms. The number of hydrogen-bond donors (Lipinski definition) is 1. The zero-order chi connectivity index (χ0) is 11.0. The van der Waals surface area contributed by atoms with Gasteiger partial charge in [0.05, 0.1) is 5.52 Å². The fraction of sp³-hybridized carbons (Fsp3) is 0.357. The SMILES string of the molecule is Cc1ccc2nccc(NCC3CC3)c2c1. The van der Waals surface area contributed by atoms with E-state index in [-0.39, 0.29) is 0 Å². The maximum absolute atomic E-state index is 4.39. The first-order chi connectivity index (χ1) is 7.83. The zero-order valence-electron chi connectivity index (χ0n) is 9.53. The minimum Gasteiger partial charge on any atom is -0.384 e. The Bertz CT molecular complexity index is 515. The van der Waals surface area contributed by atoms with Crippen LogP contribution in [0.25, 0.3) is 10.9 Å². The lowest BCUT2D eigenvalue weighted by atomic mass is 10.1. The van der Waals surface area contributed by atoms with Crippen molar-refractivity contribution in [2.24, 2.45) is 5.92 Å². The second-order valence-corrected chi connectivity index (χ2v) is 4.70. The van der Waals surface area contributed by atoms with Gasteiger partial charge in [-0.25, -0.2) is 0 Å². The molecule has 2 aromatic rings. The molecule has 2 heteroatoms. The van der Waals surface area contributed by atoms with E-state index in [2.05, 4.69) is 41.5 Å². The molecule has 1 aliphatic carbocycles. The van der Waals surface area contributed by atoms with Gasteiger partial charge < -0.3 is 5.32 Å². The summed E-state index contributed by atoms with van der Waals surface area (Å²) in [5, 5.41) is 4.78. The summed E-state index contributed by atoms with van der Waals surface area (Å²) in [6.07, 6.45) is 4.65. The number of benzene rings is 1. The minimum absolute atomic E-state index is 0.896. The van der Waals surface area contributed by atoms with Gasteiger partial charge in [-0.15, -0.1) is 0 Å². The molecule has 1 N–H and O–H groups in total. The van der Waals surface area contributed by atoms with Crippen LogP contribution in [0.1, 0.15) is 18.4 Å². The largest absolute Gasteiger partial charge is 0.384 e. The molecule has 82 valence electrons. The third-order valence-corrected chi connectivity index (χ3v) is 3.18. The Morgan fingerprint density at radius 2 is 2.19 bits per heavy atom. The third-order valence-electron chi connectivity index (χ3n) is 3.18. The van der Waals surface area contributed by atoms with Crippen molar-refractivity contribution in [1.82, 2.24) is 4.98 Å². The van der Waals surface area contributed by atoms with Crippen molar-refractivity contribution in [1.29, 1.82) is 0 Å². The number of aryl methyl sites for hydroxylation is 1. The van der Waals surface area contributed by atoms with E-state index in [4.69, 9.17) is 0 Å². The summed E-state index contributed by atoms with van der Waals surface area (Å²) >= 11 is 0. The molecule has 0 aliphatic heterocycles. The monoisotopic (exact) mass is 212 g/mol. The van der Waals surface area contributed by atoms with Gasteiger partial charge in [-0.3, -0.25) is 4.98 Å². The van der Waals surface area contributed by atoms with Crippen LogP contribution < -0.4 is 5.32 Å². The third kappa shape index (κ3) is 1.87. The van der Waals surface area contributed by atoms with Crippen molar-refractivity contribution in [3.05, 3.63) is 36.0 Å². The van der Waals surface area contributed by atoms with E-state index in [1.165, 1.54) is 29.5 Å². The van der Waals surface area contributed by atoms with Crippen molar-refractivity contribution in [3.8, 4) is 0 Å². The quantitative estimate of drug-likeness (QED) is 0.843. The molecule has 1 saturated carbocycles. The molecule has 0 radical (unpaired) electrons. The fourth-order valence-electron chi connectivity index (χ4n) is 1.99. The standard InChI is InChI=1S/C14H16N2/c1-10-2-5-13-12(8-10)14(6-7-15-13)16-9-11-3-4-11/h2,5-8,11H,3-4,9H2,1H3,(H,15,16). The lowest BCUT2D eigenvalue weighted by Gasteiger charge is -2.09. The molecular weight excluding hydrogens is 196 g/mol. The first kappa shape index (κ1) is 9.64.